The Morgan fingerprint density at radius 3 is 2.54 bits per heavy atom. The van der Waals surface area contributed by atoms with Crippen LogP contribution in [-0.4, -0.2) is 65.7 Å². The maximum atomic E-state index is 13.4. The van der Waals surface area contributed by atoms with Gasteiger partial charge in [-0.15, -0.1) is 0 Å². The monoisotopic (exact) mass is 522 g/mol. The molecule has 194 valence electrons. The van der Waals surface area contributed by atoms with Gasteiger partial charge < -0.3 is 15.4 Å². The number of pyridine rings is 2. The van der Waals surface area contributed by atoms with E-state index in [9.17, 15) is 18.5 Å². The number of anilines is 1. The number of sulfone groups is 1. The van der Waals surface area contributed by atoms with Crippen molar-refractivity contribution in [3.63, 3.8) is 0 Å². The first kappa shape index (κ1) is 25.2. The highest BCUT2D eigenvalue weighted by Gasteiger charge is 2.29. The molecule has 37 heavy (non-hydrogen) atoms. The summed E-state index contributed by atoms with van der Waals surface area (Å²) < 4.78 is 31.1. The smallest absolute Gasteiger partial charge is 0.255 e. The third kappa shape index (κ3) is 5.60. The van der Waals surface area contributed by atoms with Crippen molar-refractivity contribution in [1.82, 2.24) is 19.9 Å². The second kappa shape index (κ2) is 10.5. The van der Waals surface area contributed by atoms with Gasteiger partial charge in [0, 0.05) is 61.6 Å². The van der Waals surface area contributed by atoms with Crippen LogP contribution in [0.15, 0.2) is 36.8 Å². The molecule has 10 nitrogen and oxygen atoms in total. The number of nitriles is 1. The Morgan fingerprint density at radius 1 is 1.08 bits per heavy atom. The van der Waals surface area contributed by atoms with Gasteiger partial charge in [0.05, 0.1) is 22.1 Å². The Balaban J connectivity index is 1.41. The Hall–Kier alpha value is -3.49. The quantitative estimate of drug-likeness (QED) is 0.504. The van der Waals surface area contributed by atoms with Gasteiger partial charge in [0.15, 0.2) is 0 Å². The number of ether oxygens (including phenoxy) is 1. The molecule has 4 heterocycles. The van der Waals surface area contributed by atoms with Crippen molar-refractivity contribution in [2.45, 2.75) is 55.9 Å². The van der Waals surface area contributed by atoms with E-state index in [2.05, 4.69) is 26.7 Å². The Bertz CT molecular complexity index is 1450. The van der Waals surface area contributed by atoms with Crippen molar-refractivity contribution in [1.29, 1.82) is 5.26 Å². The lowest BCUT2D eigenvalue weighted by Crippen LogP contribution is -2.40. The molecule has 2 aliphatic rings. The van der Waals surface area contributed by atoms with Gasteiger partial charge in [0.2, 0.25) is 0 Å². The lowest BCUT2D eigenvalue weighted by molar-refractivity contribution is 0.0902. The molecule has 0 aromatic carbocycles. The maximum Gasteiger partial charge on any atom is 0.255 e. The number of fused-ring (bicyclic) bond motifs is 1. The molecule has 1 aliphatic carbocycles. The number of rotatable bonds is 6. The lowest BCUT2D eigenvalue weighted by atomic mass is 9.94. The summed E-state index contributed by atoms with van der Waals surface area (Å²) in [6.07, 6.45) is 10.3. The first-order valence-electron chi connectivity index (χ1n) is 12.5. The van der Waals surface area contributed by atoms with Gasteiger partial charge in [0.1, 0.15) is 27.4 Å². The summed E-state index contributed by atoms with van der Waals surface area (Å²) in [5.74, 6) is 0.373. The molecule has 0 bridgehead atoms. The van der Waals surface area contributed by atoms with Crippen LogP contribution in [0, 0.1) is 11.3 Å². The van der Waals surface area contributed by atoms with E-state index in [4.69, 9.17) is 4.74 Å². The first-order chi connectivity index (χ1) is 17.8. The number of nitrogens with zero attached hydrogens (tertiary/aromatic N) is 4. The van der Waals surface area contributed by atoms with Gasteiger partial charge in [-0.25, -0.2) is 18.4 Å². The number of hydrogen-bond acceptors (Lipinski definition) is 8. The van der Waals surface area contributed by atoms with Crippen LogP contribution in [0.5, 0.6) is 0 Å². The zero-order valence-electron chi connectivity index (χ0n) is 20.7. The van der Waals surface area contributed by atoms with Crippen molar-refractivity contribution in [2.24, 2.45) is 0 Å². The van der Waals surface area contributed by atoms with Crippen LogP contribution in [0.3, 0.4) is 0 Å². The fraction of sp³-hybridized carbons (Fsp3) is 0.462. The topological polar surface area (TPSA) is 139 Å². The van der Waals surface area contributed by atoms with Gasteiger partial charge in [0.25, 0.3) is 5.91 Å². The van der Waals surface area contributed by atoms with Gasteiger partial charge in [-0.05, 0) is 50.7 Å². The summed E-state index contributed by atoms with van der Waals surface area (Å²) in [6, 6.07) is 7.70. The average molecular weight is 523 g/mol. The minimum Gasteiger partial charge on any atom is -0.381 e. The Kier molecular flexibility index (Phi) is 7.13. The minimum atomic E-state index is -3.07. The van der Waals surface area contributed by atoms with Crippen molar-refractivity contribution in [3.8, 4) is 11.9 Å². The fourth-order valence-electron chi connectivity index (χ4n) is 5.11. The van der Waals surface area contributed by atoms with E-state index in [0.717, 1.165) is 18.2 Å². The molecule has 2 fully saturated rings. The normalized spacial score (nSPS) is 20.9. The Labute approximate surface area is 216 Å². The van der Waals surface area contributed by atoms with Crippen molar-refractivity contribution in [2.75, 3.05) is 24.8 Å². The van der Waals surface area contributed by atoms with Crippen LogP contribution in [0.1, 0.15) is 54.4 Å². The fourth-order valence-corrected chi connectivity index (χ4v) is 6.24. The van der Waals surface area contributed by atoms with Crippen LogP contribution >= 0.6 is 0 Å². The van der Waals surface area contributed by atoms with Crippen LogP contribution < -0.4 is 10.6 Å². The van der Waals surface area contributed by atoms with Crippen molar-refractivity contribution >= 4 is 32.5 Å². The SMILES string of the molecule is CS(=O)(=O)C1CCC(NC(=O)c2cnc(-n3ccc4cc(C#N)cnc43)cc2NC2CCOCC2)CC1. The molecule has 3 aromatic rings. The number of hydrogen-bond donors (Lipinski definition) is 2. The van der Waals surface area contributed by atoms with E-state index in [0.29, 0.717) is 67.2 Å². The van der Waals surface area contributed by atoms with Crippen LogP contribution in [-0.2, 0) is 14.6 Å². The zero-order chi connectivity index (χ0) is 26.0. The van der Waals surface area contributed by atoms with E-state index in [1.807, 2.05) is 22.9 Å². The largest absolute Gasteiger partial charge is 0.381 e. The molecule has 1 aliphatic heterocycles. The number of aromatic nitrogens is 3. The van der Waals surface area contributed by atoms with Gasteiger partial charge in [-0.2, -0.15) is 5.26 Å². The molecule has 0 unspecified atom stereocenters. The van der Waals surface area contributed by atoms with E-state index >= 15 is 0 Å². The molecule has 0 spiro atoms. The lowest BCUT2D eigenvalue weighted by Gasteiger charge is -2.29. The van der Waals surface area contributed by atoms with Crippen LogP contribution in [0.4, 0.5) is 5.69 Å². The van der Waals surface area contributed by atoms with Crippen LogP contribution in [0.2, 0.25) is 0 Å². The predicted molar refractivity (Wildman–Crippen MR) is 139 cm³/mol. The summed E-state index contributed by atoms with van der Waals surface area (Å²) in [5, 5.41) is 16.3. The average Bonchev–Trinajstić information content (AvgIpc) is 3.32. The van der Waals surface area contributed by atoms with Gasteiger partial charge >= 0.3 is 0 Å². The van der Waals surface area contributed by atoms with E-state index in [1.165, 1.54) is 12.5 Å². The number of amides is 1. The second-order valence-corrected chi connectivity index (χ2v) is 12.2. The maximum absolute atomic E-state index is 13.4. The summed E-state index contributed by atoms with van der Waals surface area (Å²) >= 11 is 0. The predicted octanol–water partition coefficient (Wildman–Crippen LogP) is 2.97. The standard InChI is InChI=1S/C26H30N6O4S/c1-37(34,35)21-4-2-19(3-5-21)31-26(33)22-16-28-24(13-23(22)30-20-7-10-36-11-8-20)32-9-6-18-12-17(14-27)15-29-25(18)32/h6,9,12-13,15-16,19-21H,2-5,7-8,10-11H2,1H3,(H,28,30)(H,31,33). The molecule has 0 atom stereocenters. The molecule has 1 saturated carbocycles. The van der Waals surface area contributed by atoms with Crippen LogP contribution in [0.25, 0.3) is 16.9 Å². The summed E-state index contributed by atoms with van der Waals surface area (Å²) in [6.45, 7) is 1.32. The third-order valence-corrected chi connectivity index (χ3v) is 8.91. The third-order valence-electron chi connectivity index (χ3n) is 7.23. The van der Waals surface area contributed by atoms with E-state index in [1.54, 1.807) is 12.3 Å². The molecular weight excluding hydrogens is 492 g/mol. The second-order valence-electron chi connectivity index (χ2n) is 9.83. The summed E-state index contributed by atoms with van der Waals surface area (Å²) in [4.78, 5) is 22.4. The number of carbonyl (C=O) groups excluding carboxylic acids is 1. The van der Waals surface area contributed by atoms with Crippen molar-refractivity contribution in [3.05, 3.63) is 47.9 Å². The van der Waals surface area contributed by atoms with E-state index < -0.39 is 9.84 Å². The van der Waals surface area contributed by atoms with Gasteiger partial charge in [-0.3, -0.25) is 9.36 Å². The summed E-state index contributed by atoms with van der Waals surface area (Å²) in [7, 11) is -3.07. The number of carbonyl (C=O) groups is 1. The Morgan fingerprint density at radius 2 is 1.84 bits per heavy atom. The highest BCUT2D eigenvalue weighted by atomic mass is 32.2. The van der Waals surface area contributed by atoms with Crippen molar-refractivity contribution < 1.29 is 17.9 Å². The molecule has 3 aromatic heterocycles. The first-order valence-corrected chi connectivity index (χ1v) is 14.5. The van der Waals surface area contributed by atoms with Gasteiger partial charge in [-0.1, -0.05) is 0 Å². The molecule has 11 heteroatoms. The van der Waals surface area contributed by atoms with E-state index in [-0.39, 0.29) is 23.2 Å². The molecule has 0 radical (unpaired) electrons. The molecule has 5 rings (SSSR count). The minimum absolute atomic E-state index is 0.0759. The molecular formula is C26H30N6O4S. The molecule has 1 saturated heterocycles. The summed E-state index contributed by atoms with van der Waals surface area (Å²) in [5.41, 5.74) is 2.27. The zero-order valence-corrected chi connectivity index (χ0v) is 21.5. The highest BCUT2D eigenvalue weighted by molar-refractivity contribution is 7.91. The molecule has 1 amide bonds. The molecule has 2 N–H and O–H groups in total. The highest BCUT2D eigenvalue weighted by Crippen LogP contribution is 2.27. The number of nitrogens with one attached hydrogen (secondary N) is 2.